The molecule has 1 saturated heterocycles. The molecule has 0 spiro atoms. The summed E-state index contributed by atoms with van der Waals surface area (Å²) in [5.74, 6) is -2.35. The number of anilines is 2. The Kier molecular flexibility index (Phi) is 8.98. The van der Waals surface area contributed by atoms with Crippen LogP contribution in [-0.2, 0) is 36.6 Å². The predicted octanol–water partition coefficient (Wildman–Crippen LogP) is 4.78. The number of hydrogen-bond donors (Lipinski definition) is 2. The minimum absolute atomic E-state index is 0.0436. The van der Waals surface area contributed by atoms with Crippen LogP contribution in [0.15, 0.2) is 36.7 Å². The summed E-state index contributed by atoms with van der Waals surface area (Å²) in [5.41, 5.74) is 0.124. The largest absolute Gasteiger partial charge is 0.465 e. The molecule has 53 heavy (non-hydrogen) atoms. The lowest BCUT2D eigenvalue weighted by Crippen LogP contribution is -2.47. The van der Waals surface area contributed by atoms with E-state index in [9.17, 15) is 37.1 Å². The van der Waals surface area contributed by atoms with Crippen LogP contribution in [-0.4, -0.2) is 77.8 Å². The number of benzene rings is 1. The number of nitrogens with zero attached hydrogens (tertiary/aromatic N) is 6. The first-order chi connectivity index (χ1) is 25.1. The van der Waals surface area contributed by atoms with Gasteiger partial charge in [-0.25, -0.2) is 15.0 Å². The lowest BCUT2D eigenvalue weighted by molar-refractivity contribution is -0.145. The second-order valence-electron chi connectivity index (χ2n) is 13.9. The van der Waals surface area contributed by atoms with Crippen LogP contribution < -0.4 is 10.6 Å². The SMILES string of the molecule is CC(=O)c1nn2c3c(cc(-c4cnc(C)nc4)cc13)NC(=O)CCCCC(=O)OC[C@@]13C[C@@H](C(=O)Nc4nc(C(F)(F)F)ccc4C)N(C(=O)C2)[C@@H]1C3. The van der Waals surface area contributed by atoms with Crippen LogP contribution >= 0.6 is 0 Å². The number of aromatic nitrogens is 5. The van der Waals surface area contributed by atoms with Crippen LogP contribution in [0.3, 0.4) is 0 Å². The Morgan fingerprint density at radius 3 is 2.47 bits per heavy atom. The van der Waals surface area contributed by atoms with Crippen LogP contribution in [0.5, 0.6) is 0 Å². The Labute approximate surface area is 300 Å². The third-order valence-corrected chi connectivity index (χ3v) is 10.0. The zero-order valence-electron chi connectivity index (χ0n) is 29.0. The van der Waals surface area contributed by atoms with Crippen LogP contribution in [0.4, 0.5) is 24.7 Å². The zero-order chi connectivity index (χ0) is 37.8. The third kappa shape index (κ3) is 6.94. The highest BCUT2D eigenvalue weighted by molar-refractivity contribution is 6.11. The molecule has 17 heteroatoms. The number of nitrogens with one attached hydrogen (secondary N) is 2. The Balaban J connectivity index is 1.30. The number of halogens is 3. The number of rotatable bonds is 4. The summed E-state index contributed by atoms with van der Waals surface area (Å²) in [5, 5.41) is 10.3. The number of Topliss-reactive ketones (excluding diaryl/α,β-unsaturated/α-hetero) is 1. The van der Waals surface area contributed by atoms with Crippen molar-refractivity contribution in [2.75, 3.05) is 17.2 Å². The lowest BCUT2D eigenvalue weighted by Gasteiger charge is -2.27. The van der Waals surface area contributed by atoms with E-state index in [1.807, 2.05) is 0 Å². The van der Waals surface area contributed by atoms with E-state index in [1.54, 1.807) is 31.5 Å². The molecule has 2 N–H and O–H groups in total. The quantitative estimate of drug-likeness (QED) is 0.219. The molecule has 3 amide bonds. The number of piperidine rings is 1. The van der Waals surface area contributed by atoms with Crippen molar-refractivity contribution in [2.45, 2.75) is 84.1 Å². The summed E-state index contributed by atoms with van der Waals surface area (Å²) in [6.07, 6.45) is -0.165. The topological polar surface area (TPSA) is 178 Å². The van der Waals surface area contributed by atoms with Gasteiger partial charge in [0.25, 0.3) is 0 Å². The molecule has 1 aromatic carbocycles. The molecule has 3 atom stereocenters. The Bertz CT molecular complexity index is 2190. The number of aryl methyl sites for hydroxylation is 2. The maximum Gasteiger partial charge on any atom is 0.433 e. The van der Waals surface area contributed by atoms with E-state index in [-0.39, 0.29) is 54.5 Å². The van der Waals surface area contributed by atoms with Gasteiger partial charge in [-0.2, -0.15) is 18.3 Å². The summed E-state index contributed by atoms with van der Waals surface area (Å²) in [6, 6.07) is 3.71. The highest BCUT2D eigenvalue weighted by Crippen LogP contribution is 2.60. The van der Waals surface area contributed by atoms with Crippen LogP contribution in [0.1, 0.15) is 73.0 Å². The highest BCUT2D eigenvalue weighted by atomic mass is 19.4. The Morgan fingerprint density at radius 1 is 1.02 bits per heavy atom. The van der Waals surface area contributed by atoms with Gasteiger partial charge in [0.05, 0.1) is 17.8 Å². The van der Waals surface area contributed by atoms with Crippen molar-refractivity contribution in [1.82, 2.24) is 29.6 Å². The van der Waals surface area contributed by atoms with Gasteiger partial charge in [0.1, 0.15) is 35.6 Å². The molecule has 2 bridgehead atoms. The molecule has 7 rings (SSSR count). The van der Waals surface area contributed by atoms with Crippen molar-refractivity contribution in [3.63, 3.8) is 0 Å². The number of ketones is 1. The molecule has 3 aliphatic rings. The van der Waals surface area contributed by atoms with E-state index in [2.05, 4.69) is 30.7 Å². The van der Waals surface area contributed by atoms with Gasteiger partial charge in [-0.15, -0.1) is 0 Å². The van der Waals surface area contributed by atoms with Gasteiger partial charge in [-0.05, 0) is 68.9 Å². The smallest absolute Gasteiger partial charge is 0.433 e. The minimum Gasteiger partial charge on any atom is -0.465 e. The fourth-order valence-electron chi connectivity index (χ4n) is 7.20. The third-order valence-electron chi connectivity index (χ3n) is 10.0. The number of amides is 3. The number of cyclic esters (lactones) is 1. The summed E-state index contributed by atoms with van der Waals surface area (Å²) in [4.78, 5) is 80.7. The number of esters is 1. The van der Waals surface area contributed by atoms with E-state index in [0.29, 0.717) is 47.1 Å². The van der Waals surface area contributed by atoms with Gasteiger partial charge < -0.3 is 20.3 Å². The fraction of sp³-hybridized carbons (Fsp3) is 0.417. The molecule has 0 unspecified atom stereocenters. The maximum absolute atomic E-state index is 14.4. The van der Waals surface area contributed by atoms with Crippen LogP contribution in [0, 0.1) is 19.3 Å². The molecule has 1 aliphatic carbocycles. The molecular weight excluding hydrogens is 697 g/mol. The van der Waals surface area contributed by atoms with Gasteiger partial charge in [-0.3, -0.25) is 28.7 Å². The Morgan fingerprint density at radius 2 is 1.75 bits per heavy atom. The average molecular weight is 733 g/mol. The molecule has 1 saturated carbocycles. The summed E-state index contributed by atoms with van der Waals surface area (Å²) in [6.45, 7) is 4.03. The molecule has 2 aliphatic heterocycles. The van der Waals surface area contributed by atoms with E-state index < -0.39 is 59.5 Å². The number of pyridine rings is 1. The minimum atomic E-state index is -4.75. The summed E-state index contributed by atoms with van der Waals surface area (Å²) in [7, 11) is 0. The van der Waals surface area contributed by atoms with Crippen molar-refractivity contribution < 1.29 is 41.9 Å². The van der Waals surface area contributed by atoms with E-state index >= 15 is 0 Å². The van der Waals surface area contributed by atoms with E-state index in [4.69, 9.17) is 4.74 Å². The number of carbonyl (C=O) groups is 5. The maximum atomic E-state index is 14.4. The number of alkyl halides is 3. The van der Waals surface area contributed by atoms with Crippen molar-refractivity contribution in [1.29, 1.82) is 0 Å². The second kappa shape index (κ2) is 13.3. The monoisotopic (exact) mass is 732 g/mol. The molecule has 0 radical (unpaired) electrons. The molecule has 14 nitrogen and oxygen atoms in total. The fourth-order valence-corrected chi connectivity index (χ4v) is 7.20. The molecule has 5 heterocycles. The first-order valence-electron chi connectivity index (χ1n) is 17.1. The van der Waals surface area contributed by atoms with Crippen molar-refractivity contribution in [3.8, 4) is 11.1 Å². The molecule has 276 valence electrons. The van der Waals surface area contributed by atoms with Crippen molar-refractivity contribution in [3.05, 3.63) is 59.4 Å². The highest BCUT2D eigenvalue weighted by Gasteiger charge is 2.68. The van der Waals surface area contributed by atoms with Gasteiger partial charge in [0.15, 0.2) is 5.78 Å². The molecule has 2 fully saturated rings. The van der Waals surface area contributed by atoms with Gasteiger partial charge >= 0.3 is 12.1 Å². The predicted molar refractivity (Wildman–Crippen MR) is 182 cm³/mol. The first-order valence-corrected chi connectivity index (χ1v) is 17.1. The average Bonchev–Trinajstić information content (AvgIpc) is 3.51. The van der Waals surface area contributed by atoms with Crippen molar-refractivity contribution in [2.24, 2.45) is 5.41 Å². The van der Waals surface area contributed by atoms with Crippen LogP contribution in [0.25, 0.3) is 22.0 Å². The van der Waals surface area contributed by atoms with E-state index in [0.717, 1.165) is 6.07 Å². The summed E-state index contributed by atoms with van der Waals surface area (Å²) < 4.78 is 47.4. The van der Waals surface area contributed by atoms with E-state index in [1.165, 1.54) is 29.5 Å². The number of ether oxygens (including phenoxy) is 1. The zero-order valence-corrected chi connectivity index (χ0v) is 29.0. The lowest BCUT2D eigenvalue weighted by atomic mass is 10.00. The Hall–Kier alpha value is -5.74. The second-order valence-corrected chi connectivity index (χ2v) is 13.9. The van der Waals surface area contributed by atoms with Gasteiger partial charge in [-0.1, -0.05) is 6.07 Å². The number of carbonyl (C=O) groups excluding carboxylic acids is 5. The van der Waals surface area contributed by atoms with Gasteiger partial charge in [0.2, 0.25) is 17.7 Å². The molecule has 4 aromatic rings. The van der Waals surface area contributed by atoms with Crippen molar-refractivity contribution >= 4 is 51.9 Å². The molecular formula is C36H35F3N8O6. The standard InChI is InChI=1S/C36H35F3N8O6/c1-18-8-9-26(36(37,38)39)43-33(18)44-34(52)25-12-35-13-27(35)47(25)29(50)16-46-32-23(31(45-46)19(2)48)10-21(22-14-40-20(3)41-15-22)11-24(32)42-28(49)6-4-5-7-30(51)53-17-35/h8-11,14-15,25,27H,4-7,12-13,16-17H2,1-3H3,(H,42,49)(H,43,44,52)/t25-,27+,35-/m0/s1. The summed E-state index contributed by atoms with van der Waals surface area (Å²) >= 11 is 0. The number of hydrogen-bond acceptors (Lipinski definition) is 10. The first kappa shape index (κ1) is 35.7. The van der Waals surface area contributed by atoms with Crippen LogP contribution in [0.2, 0.25) is 0 Å². The normalized spacial score (nSPS) is 22.2. The molecule has 3 aromatic heterocycles. The van der Waals surface area contributed by atoms with Gasteiger partial charge in [0, 0.05) is 54.6 Å².